The molecule has 0 aliphatic carbocycles. The highest BCUT2D eigenvalue weighted by Crippen LogP contribution is 2.37. The summed E-state index contributed by atoms with van der Waals surface area (Å²) < 4.78 is 16.4. The van der Waals surface area contributed by atoms with Crippen LogP contribution in [0.25, 0.3) is 11.1 Å². The number of methoxy groups -OCH3 is 3. The summed E-state index contributed by atoms with van der Waals surface area (Å²) in [5.74, 6) is 2.70. The van der Waals surface area contributed by atoms with E-state index in [1.165, 1.54) is 0 Å². The van der Waals surface area contributed by atoms with Gasteiger partial charge in [0.05, 0.1) is 21.3 Å². The van der Waals surface area contributed by atoms with Crippen LogP contribution in [-0.2, 0) is 6.54 Å². The lowest BCUT2D eigenvalue weighted by atomic mass is 10.0. The Morgan fingerprint density at radius 3 is 2.24 bits per heavy atom. The third-order valence-electron chi connectivity index (χ3n) is 4.96. The first kappa shape index (κ1) is 20.6. The summed E-state index contributed by atoms with van der Waals surface area (Å²) in [6, 6.07) is 19.8. The standard InChI is InChI=1S/C24H27NO4/c1-16(18-6-5-7-20(26)13-18)25-15-17-8-10-22(27-2)21(12-17)19-9-11-23(28-3)24(14-19)29-4/h5-14,16,25-26H,15H2,1-4H3/p+1/t16-/m1/s1. The molecule has 0 amide bonds. The van der Waals surface area contributed by atoms with Crippen LogP contribution in [0.2, 0.25) is 0 Å². The van der Waals surface area contributed by atoms with E-state index >= 15 is 0 Å². The molecular formula is C24H28NO4+. The van der Waals surface area contributed by atoms with E-state index in [2.05, 4.69) is 24.4 Å². The van der Waals surface area contributed by atoms with Crippen molar-refractivity contribution in [1.29, 1.82) is 0 Å². The van der Waals surface area contributed by atoms with E-state index in [-0.39, 0.29) is 6.04 Å². The first-order valence-corrected chi connectivity index (χ1v) is 9.50. The van der Waals surface area contributed by atoms with Crippen LogP contribution in [0.15, 0.2) is 60.7 Å². The minimum atomic E-state index is 0.145. The van der Waals surface area contributed by atoms with E-state index in [9.17, 15) is 0 Å². The third kappa shape index (κ3) is 4.81. The van der Waals surface area contributed by atoms with Crippen molar-refractivity contribution in [1.82, 2.24) is 5.32 Å². The van der Waals surface area contributed by atoms with Gasteiger partial charge in [-0.25, -0.2) is 0 Å². The first-order valence-electron chi connectivity index (χ1n) is 9.50. The summed E-state index contributed by atoms with van der Waals surface area (Å²) >= 11 is 0. The molecule has 0 fully saturated rings. The lowest BCUT2D eigenvalue weighted by molar-refractivity contribution is 0.355. The summed E-state index contributed by atoms with van der Waals surface area (Å²) in [6.07, 6.45) is 0. The number of hydrogen-bond donors (Lipinski definition) is 1. The van der Waals surface area contributed by atoms with Gasteiger partial charge in [0.25, 0.3) is 5.75 Å². The van der Waals surface area contributed by atoms with Crippen LogP contribution in [0.5, 0.6) is 23.0 Å². The number of rotatable bonds is 8. The second-order valence-corrected chi connectivity index (χ2v) is 6.83. The molecule has 3 rings (SSSR count). The molecule has 5 heteroatoms. The van der Waals surface area contributed by atoms with Gasteiger partial charge in [-0.2, -0.15) is 0 Å². The van der Waals surface area contributed by atoms with Gasteiger partial charge in [-0.1, -0.05) is 24.3 Å². The van der Waals surface area contributed by atoms with Gasteiger partial charge in [0.15, 0.2) is 11.5 Å². The van der Waals surface area contributed by atoms with Crippen LogP contribution >= 0.6 is 0 Å². The van der Waals surface area contributed by atoms with Gasteiger partial charge in [0.2, 0.25) is 0 Å². The number of nitrogens with one attached hydrogen (secondary N) is 1. The summed E-state index contributed by atoms with van der Waals surface area (Å²) in [5, 5.41) is 11.3. The highest BCUT2D eigenvalue weighted by Gasteiger charge is 2.12. The van der Waals surface area contributed by atoms with Crippen LogP contribution < -0.4 is 19.5 Å². The summed E-state index contributed by atoms with van der Waals surface area (Å²) in [5.41, 5.74) is 4.24. The van der Waals surface area contributed by atoms with Crippen LogP contribution in [0, 0.1) is 0 Å². The average molecular weight is 394 g/mol. The van der Waals surface area contributed by atoms with E-state index in [0.717, 1.165) is 28.0 Å². The fraction of sp³-hybridized carbons (Fsp3) is 0.250. The zero-order chi connectivity index (χ0) is 20.8. The fourth-order valence-corrected chi connectivity index (χ4v) is 3.29. The third-order valence-corrected chi connectivity index (χ3v) is 4.96. The molecule has 0 saturated heterocycles. The van der Waals surface area contributed by atoms with Crippen molar-refractivity contribution in [3.8, 4) is 34.1 Å². The zero-order valence-corrected chi connectivity index (χ0v) is 17.3. The Morgan fingerprint density at radius 1 is 0.828 bits per heavy atom. The number of ether oxygens (including phenoxy) is 3. The Labute approximate surface area is 171 Å². The lowest BCUT2D eigenvalue weighted by Crippen LogP contribution is -2.18. The molecule has 3 aromatic carbocycles. The maximum atomic E-state index is 7.79. The summed E-state index contributed by atoms with van der Waals surface area (Å²) in [6.45, 7) is 2.81. The van der Waals surface area contributed by atoms with Crippen LogP contribution in [0.3, 0.4) is 0 Å². The minimum absolute atomic E-state index is 0.145. The zero-order valence-electron chi connectivity index (χ0n) is 17.3. The van der Waals surface area contributed by atoms with Gasteiger partial charge in [0.1, 0.15) is 5.75 Å². The van der Waals surface area contributed by atoms with E-state index in [0.29, 0.717) is 23.8 Å². The largest absolute Gasteiger partial charge is 0.593 e. The molecule has 0 aromatic heterocycles. The van der Waals surface area contributed by atoms with Crippen molar-refractivity contribution in [2.75, 3.05) is 21.3 Å². The van der Waals surface area contributed by atoms with Crippen LogP contribution in [0.4, 0.5) is 0 Å². The highest BCUT2D eigenvalue weighted by atomic mass is 16.5. The molecule has 1 atom stereocenters. The normalized spacial score (nSPS) is 11.7. The van der Waals surface area contributed by atoms with Gasteiger partial charge in [0, 0.05) is 30.3 Å². The summed E-state index contributed by atoms with van der Waals surface area (Å²) in [7, 11) is 4.93. The molecule has 3 aromatic rings. The highest BCUT2D eigenvalue weighted by molar-refractivity contribution is 5.73. The average Bonchev–Trinajstić information content (AvgIpc) is 2.76. The molecule has 0 heterocycles. The van der Waals surface area contributed by atoms with Crippen molar-refractivity contribution in [3.05, 3.63) is 71.8 Å². The lowest BCUT2D eigenvalue weighted by Gasteiger charge is -2.16. The smallest absolute Gasteiger partial charge is 0.254 e. The number of benzene rings is 3. The Balaban J connectivity index is 1.84. The second-order valence-electron chi connectivity index (χ2n) is 6.83. The fourth-order valence-electron chi connectivity index (χ4n) is 3.29. The van der Waals surface area contributed by atoms with Crippen LogP contribution in [0.1, 0.15) is 24.1 Å². The predicted molar refractivity (Wildman–Crippen MR) is 116 cm³/mol. The van der Waals surface area contributed by atoms with Crippen molar-refractivity contribution in [2.24, 2.45) is 0 Å². The topological polar surface area (TPSA) is 62.6 Å². The Bertz CT molecular complexity index is 971. The minimum Gasteiger partial charge on any atom is -0.593 e. The summed E-state index contributed by atoms with van der Waals surface area (Å²) in [4.78, 5) is 0. The first-order chi connectivity index (χ1) is 14.0. The van der Waals surface area contributed by atoms with Gasteiger partial charge in [-0.15, -0.1) is 0 Å². The Morgan fingerprint density at radius 2 is 1.55 bits per heavy atom. The molecule has 0 aliphatic heterocycles. The molecule has 0 aliphatic rings. The monoisotopic (exact) mass is 394 g/mol. The molecule has 29 heavy (non-hydrogen) atoms. The molecule has 3 N–H and O–H groups in total. The van der Waals surface area contributed by atoms with Crippen molar-refractivity contribution >= 4 is 0 Å². The maximum Gasteiger partial charge on any atom is 0.254 e. The van der Waals surface area contributed by atoms with Gasteiger partial charge in [-0.05, 0) is 47.9 Å². The van der Waals surface area contributed by atoms with Crippen molar-refractivity contribution in [3.63, 3.8) is 0 Å². The molecular weight excluding hydrogens is 366 g/mol. The van der Waals surface area contributed by atoms with E-state index in [1.54, 1.807) is 27.4 Å². The predicted octanol–water partition coefficient (Wildman–Crippen LogP) is 4.67. The molecule has 0 radical (unpaired) electrons. The molecule has 0 saturated carbocycles. The van der Waals surface area contributed by atoms with E-state index in [4.69, 9.17) is 19.3 Å². The SMILES string of the molecule is COc1ccc(-c2cc(CN[C@H](C)c3cccc([OH2+])c3)ccc2OC)cc1OC. The number of hydrogen-bond acceptors (Lipinski definition) is 4. The van der Waals surface area contributed by atoms with Gasteiger partial charge < -0.3 is 24.6 Å². The molecule has 0 unspecified atom stereocenters. The Hall–Kier alpha value is -3.18. The van der Waals surface area contributed by atoms with Crippen molar-refractivity contribution < 1.29 is 19.3 Å². The van der Waals surface area contributed by atoms with Gasteiger partial charge in [-0.3, -0.25) is 0 Å². The van der Waals surface area contributed by atoms with E-state index in [1.807, 2.05) is 42.5 Å². The van der Waals surface area contributed by atoms with Crippen molar-refractivity contribution in [2.45, 2.75) is 19.5 Å². The maximum absolute atomic E-state index is 7.79. The second kappa shape index (κ2) is 9.34. The molecule has 5 nitrogen and oxygen atoms in total. The molecule has 152 valence electrons. The Kier molecular flexibility index (Phi) is 6.62. The quantitative estimate of drug-likeness (QED) is 0.564. The molecule has 0 bridgehead atoms. The van der Waals surface area contributed by atoms with E-state index < -0.39 is 0 Å². The molecule has 0 spiro atoms. The van der Waals surface area contributed by atoms with Gasteiger partial charge >= 0.3 is 0 Å². The van der Waals surface area contributed by atoms with Crippen LogP contribution in [-0.4, -0.2) is 26.4 Å².